The van der Waals surface area contributed by atoms with Crippen molar-refractivity contribution in [2.45, 2.75) is 38.8 Å². The zero-order valence-corrected chi connectivity index (χ0v) is 17.4. The van der Waals surface area contributed by atoms with E-state index in [-0.39, 0.29) is 5.91 Å². The van der Waals surface area contributed by atoms with Crippen LogP contribution in [0.15, 0.2) is 46.9 Å². The summed E-state index contributed by atoms with van der Waals surface area (Å²) in [5.41, 5.74) is 3.01. The Morgan fingerprint density at radius 2 is 1.81 bits per heavy atom. The number of nitrogens with one attached hydrogen (secondary N) is 1. The number of ether oxygens (including phenoxy) is 1. The molecule has 1 saturated heterocycles. The minimum absolute atomic E-state index is 0.112. The maximum atomic E-state index is 12.5. The van der Waals surface area contributed by atoms with E-state index in [1.165, 1.54) is 44.3 Å². The predicted molar refractivity (Wildman–Crippen MR) is 112 cm³/mol. The first-order valence-electron chi connectivity index (χ1n) is 9.57. The molecule has 4 nitrogen and oxygen atoms in total. The van der Waals surface area contributed by atoms with Gasteiger partial charge in [0.1, 0.15) is 5.75 Å². The van der Waals surface area contributed by atoms with Gasteiger partial charge < -0.3 is 10.1 Å². The fraction of sp³-hybridized carbons (Fsp3) is 0.409. The van der Waals surface area contributed by atoms with Gasteiger partial charge in [-0.25, -0.2) is 0 Å². The molecule has 144 valence electrons. The monoisotopic (exact) mass is 430 g/mol. The molecule has 2 aromatic rings. The average molecular weight is 431 g/mol. The second-order valence-corrected chi connectivity index (χ2v) is 7.89. The second kappa shape index (κ2) is 9.90. The van der Waals surface area contributed by atoms with E-state index in [1.54, 1.807) is 13.2 Å². The van der Waals surface area contributed by atoms with Gasteiger partial charge in [-0.3, -0.25) is 9.69 Å². The van der Waals surface area contributed by atoms with E-state index in [1.807, 2.05) is 12.1 Å². The molecule has 1 aliphatic rings. The van der Waals surface area contributed by atoms with E-state index in [0.717, 1.165) is 16.6 Å². The minimum Gasteiger partial charge on any atom is -0.497 e. The van der Waals surface area contributed by atoms with Crippen molar-refractivity contribution in [3.63, 3.8) is 0 Å². The van der Waals surface area contributed by atoms with Crippen LogP contribution in [-0.4, -0.2) is 31.0 Å². The molecule has 0 bridgehead atoms. The lowest BCUT2D eigenvalue weighted by atomic mass is 10.1. The molecular weight excluding hydrogens is 404 g/mol. The molecule has 1 heterocycles. The van der Waals surface area contributed by atoms with Crippen LogP contribution in [0.25, 0.3) is 0 Å². The highest BCUT2D eigenvalue weighted by Gasteiger charge is 2.12. The van der Waals surface area contributed by atoms with E-state index in [9.17, 15) is 4.79 Å². The highest BCUT2D eigenvalue weighted by Crippen LogP contribution is 2.22. The minimum atomic E-state index is -0.112. The summed E-state index contributed by atoms with van der Waals surface area (Å²) < 4.78 is 5.97. The van der Waals surface area contributed by atoms with Gasteiger partial charge in [0.05, 0.1) is 12.7 Å². The van der Waals surface area contributed by atoms with Crippen LogP contribution in [0.3, 0.4) is 0 Å². The fourth-order valence-electron chi connectivity index (χ4n) is 3.47. The van der Waals surface area contributed by atoms with Gasteiger partial charge in [0.25, 0.3) is 5.91 Å². The number of halogens is 1. The smallest absolute Gasteiger partial charge is 0.252 e. The summed E-state index contributed by atoms with van der Waals surface area (Å²) in [4.78, 5) is 15.1. The molecule has 5 heteroatoms. The molecule has 3 rings (SSSR count). The van der Waals surface area contributed by atoms with Gasteiger partial charge in [0, 0.05) is 17.6 Å². The Morgan fingerprint density at radius 1 is 1.07 bits per heavy atom. The number of hydrogen-bond acceptors (Lipinski definition) is 3. The van der Waals surface area contributed by atoms with Crippen LogP contribution < -0.4 is 10.1 Å². The number of likely N-dealkylation sites (tertiary alicyclic amines) is 1. The molecule has 0 aliphatic carbocycles. The fourth-order valence-corrected chi connectivity index (χ4v) is 3.90. The molecule has 0 aromatic heterocycles. The van der Waals surface area contributed by atoms with Crippen molar-refractivity contribution in [3.8, 4) is 5.75 Å². The van der Waals surface area contributed by atoms with Crippen molar-refractivity contribution in [3.05, 3.63) is 63.6 Å². The van der Waals surface area contributed by atoms with Gasteiger partial charge >= 0.3 is 0 Å². The number of methoxy groups -OCH3 is 1. The molecule has 0 atom stereocenters. The summed E-state index contributed by atoms with van der Waals surface area (Å²) in [6.45, 7) is 3.87. The average Bonchev–Trinajstić information content (AvgIpc) is 2.95. The lowest BCUT2D eigenvalue weighted by molar-refractivity contribution is 0.0949. The Hall–Kier alpha value is -1.85. The Labute approximate surface area is 170 Å². The first-order valence-corrected chi connectivity index (χ1v) is 10.4. The van der Waals surface area contributed by atoms with Crippen LogP contribution >= 0.6 is 15.9 Å². The Morgan fingerprint density at radius 3 is 2.56 bits per heavy atom. The number of amides is 1. The van der Waals surface area contributed by atoms with Crippen molar-refractivity contribution >= 4 is 21.8 Å². The molecular formula is C22H27BrN2O2. The molecule has 1 aliphatic heterocycles. The van der Waals surface area contributed by atoms with Crippen molar-refractivity contribution < 1.29 is 9.53 Å². The third kappa shape index (κ3) is 5.81. The first-order chi connectivity index (χ1) is 13.2. The molecule has 0 spiro atoms. The van der Waals surface area contributed by atoms with Crippen LogP contribution in [-0.2, 0) is 13.1 Å². The second-order valence-electron chi connectivity index (χ2n) is 7.04. The van der Waals surface area contributed by atoms with Gasteiger partial charge in [-0.05, 0) is 71.2 Å². The number of benzene rings is 2. The lowest BCUT2D eigenvalue weighted by Gasteiger charge is -2.20. The van der Waals surface area contributed by atoms with Gasteiger partial charge in [-0.1, -0.05) is 37.1 Å². The van der Waals surface area contributed by atoms with Crippen LogP contribution in [0, 0.1) is 0 Å². The third-order valence-corrected chi connectivity index (χ3v) is 5.66. The molecule has 0 saturated carbocycles. The van der Waals surface area contributed by atoms with E-state index < -0.39 is 0 Å². The van der Waals surface area contributed by atoms with Crippen molar-refractivity contribution in [2.75, 3.05) is 20.2 Å². The summed E-state index contributed by atoms with van der Waals surface area (Å²) in [7, 11) is 1.60. The maximum Gasteiger partial charge on any atom is 0.252 e. The zero-order valence-electron chi connectivity index (χ0n) is 15.8. The summed E-state index contributed by atoms with van der Waals surface area (Å²) in [6.07, 6.45) is 5.29. The largest absolute Gasteiger partial charge is 0.497 e. The van der Waals surface area contributed by atoms with Crippen molar-refractivity contribution in [1.29, 1.82) is 0 Å². The first kappa shape index (κ1) is 19.9. The Balaban J connectivity index is 1.60. The van der Waals surface area contributed by atoms with Crippen molar-refractivity contribution in [2.24, 2.45) is 0 Å². The maximum absolute atomic E-state index is 12.5. The van der Waals surface area contributed by atoms with Crippen LogP contribution in [0.1, 0.15) is 47.2 Å². The predicted octanol–water partition coefficient (Wildman–Crippen LogP) is 4.76. The highest BCUT2D eigenvalue weighted by atomic mass is 79.9. The molecule has 1 fully saturated rings. The molecule has 0 radical (unpaired) electrons. The standard InChI is InChI=1S/C22H27BrN2O2/c1-27-19-9-10-21(23)20(14-19)22(26)24-15-17-7-6-8-18(13-17)16-25-11-4-2-3-5-12-25/h6-10,13-14H,2-5,11-12,15-16H2,1H3,(H,24,26). The Bertz CT molecular complexity index is 771. The van der Waals surface area contributed by atoms with Crippen LogP contribution in [0.4, 0.5) is 0 Å². The number of rotatable bonds is 6. The summed E-state index contributed by atoms with van der Waals surface area (Å²) >= 11 is 3.44. The van der Waals surface area contributed by atoms with E-state index in [4.69, 9.17) is 4.74 Å². The van der Waals surface area contributed by atoms with E-state index in [2.05, 4.69) is 50.4 Å². The van der Waals surface area contributed by atoms with Gasteiger partial charge in [0.2, 0.25) is 0 Å². The van der Waals surface area contributed by atoms with Crippen molar-refractivity contribution in [1.82, 2.24) is 10.2 Å². The van der Waals surface area contributed by atoms with Gasteiger partial charge in [0.15, 0.2) is 0 Å². The topological polar surface area (TPSA) is 41.6 Å². The summed E-state index contributed by atoms with van der Waals surface area (Å²) in [5, 5.41) is 3.01. The SMILES string of the molecule is COc1ccc(Br)c(C(=O)NCc2cccc(CN3CCCCCC3)c2)c1. The number of carbonyl (C=O) groups excluding carboxylic acids is 1. The quantitative estimate of drug-likeness (QED) is 0.717. The van der Waals surface area contributed by atoms with Crippen LogP contribution in [0.5, 0.6) is 5.75 Å². The van der Waals surface area contributed by atoms with E-state index >= 15 is 0 Å². The molecule has 1 amide bonds. The molecule has 0 unspecified atom stereocenters. The molecule has 27 heavy (non-hydrogen) atoms. The van der Waals surface area contributed by atoms with Gasteiger partial charge in [-0.2, -0.15) is 0 Å². The highest BCUT2D eigenvalue weighted by molar-refractivity contribution is 9.10. The molecule has 2 aromatic carbocycles. The number of nitrogens with zero attached hydrogens (tertiary/aromatic N) is 1. The Kier molecular flexibility index (Phi) is 7.30. The summed E-state index contributed by atoms with van der Waals surface area (Å²) in [5.74, 6) is 0.557. The van der Waals surface area contributed by atoms with Crippen LogP contribution in [0.2, 0.25) is 0 Å². The molecule has 1 N–H and O–H groups in total. The number of carbonyl (C=O) groups is 1. The summed E-state index contributed by atoms with van der Waals surface area (Å²) in [6, 6.07) is 13.9. The lowest BCUT2D eigenvalue weighted by Crippen LogP contribution is -2.25. The zero-order chi connectivity index (χ0) is 19.1. The third-order valence-electron chi connectivity index (χ3n) is 4.97. The number of hydrogen-bond donors (Lipinski definition) is 1. The van der Waals surface area contributed by atoms with Gasteiger partial charge in [-0.15, -0.1) is 0 Å². The normalized spacial score (nSPS) is 15.2. The van der Waals surface area contributed by atoms with E-state index in [0.29, 0.717) is 17.9 Å².